The molecule has 0 aliphatic heterocycles. The smallest absolute Gasteiger partial charge is 0.191 e. The minimum absolute atomic E-state index is 0.255. The molecule has 2 N–H and O–H groups in total. The Kier molecular flexibility index (Phi) is 7.57. The lowest BCUT2D eigenvalue weighted by molar-refractivity contribution is 0.305. The monoisotopic (exact) mass is 392 g/mol. The van der Waals surface area contributed by atoms with Gasteiger partial charge in [-0.3, -0.25) is 9.98 Å². The van der Waals surface area contributed by atoms with Crippen molar-refractivity contribution in [2.45, 2.75) is 19.6 Å². The van der Waals surface area contributed by atoms with E-state index in [9.17, 15) is 4.39 Å². The van der Waals surface area contributed by atoms with Crippen molar-refractivity contribution in [1.82, 2.24) is 15.6 Å². The van der Waals surface area contributed by atoms with E-state index in [1.165, 1.54) is 12.1 Å². The summed E-state index contributed by atoms with van der Waals surface area (Å²) in [7, 11) is 1.75. The van der Waals surface area contributed by atoms with Crippen molar-refractivity contribution in [2.75, 3.05) is 13.6 Å². The zero-order chi connectivity index (χ0) is 20.3. The molecule has 5 nitrogen and oxygen atoms in total. The van der Waals surface area contributed by atoms with Crippen LogP contribution in [0.1, 0.15) is 16.8 Å². The Balaban J connectivity index is 1.41. The third kappa shape index (κ3) is 6.92. The van der Waals surface area contributed by atoms with Crippen LogP contribution in [0.15, 0.2) is 77.9 Å². The van der Waals surface area contributed by atoms with Gasteiger partial charge in [-0.15, -0.1) is 0 Å². The van der Waals surface area contributed by atoms with Crippen LogP contribution in [0.3, 0.4) is 0 Å². The van der Waals surface area contributed by atoms with Crippen LogP contribution < -0.4 is 15.4 Å². The number of aliphatic imine (C=N–C) groups is 1. The first-order valence-electron chi connectivity index (χ1n) is 9.53. The number of nitrogens with zero attached hydrogens (tertiary/aromatic N) is 2. The fourth-order valence-corrected chi connectivity index (χ4v) is 2.76. The summed E-state index contributed by atoms with van der Waals surface area (Å²) in [6, 6.07) is 20.1. The van der Waals surface area contributed by atoms with Crippen molar-refractivity contribution in [3.8, 4) is 5.75 Å². The molecule has 0 spiro atoms. The highest BCUT2D eigenvalue weighted by Gasteiger charge is 2.01. The van der Waals surface area contributed by atoms with Gasteiger partial charge < -0.3 is 15.4 Å². The van der Waals surface area contributed by atoms with Crippen molar-refractivity contribution in [3.63, 3.8) is 0 Å². The fourth-order valence-electron chi connectivity index (χ4n) is 2.76. The maximum Gasteiger partial charge on any atom is 0.191 e. The second-order valence-corrected chi connectivity index (χ2v) is 6.49. The summed E-state index contributed by atoms with van der Waals surface area (Å²) < 4.78 is 18.9. The summed E-state index contributed by atoms with van der Waals surface area (Å²) in [6.45, 7) is 1.74. The predicted octanol–water partition coefficient (Wildman–Crippen LogP) is 3.71. The zero-order valence-electron chi connectivity index (χ0n) is 16.4. The largest absolute Gasteiger partial charge is 0.489 e. The van der Waals surface area contributed by atoms with Crippen molar-refractivity contribution in [1.29, 1.82) is 0 Å². The first kappa shape index (κ1) is 20.3. The SMILES string of the molecule is CN=C(NCCc1ccccn1)NCc1ccc(OCc2cccc(F)c2)cc1. The normalized spacial score (nSPS) is 11.2. The molecule has 1 heterocycles. The summed E-state index contributed by atoms with van der Waals surface area (Å²) in [4.78, 5) is 8.55. The van der Waals surface area contributed by atoms with Crippen LogP contribution in [0, 0.1) is 5.82 Å². The number of guanidine groups is 1. The summed E-state index contributed by atoms with van der Waals surface area (Å²) in [5.74, 6) is 1.23. The van der Waals surface area contributed by atoms with Gasteiger partial charge in [0.15, 0.2) is 5.96 Å². The van der Waals surface area contributed by atoms with Crippen molar-refractivity contribution in [3.05, 3.63) is 95.6 Å². The van der Waals surface area contributed by atoms with Gasteiger partial charge in [-0.1, -0.05) is 30.3 Å². The Labute approximate surface area is 170 Å². The van der Waals surface area contributed by atoms with Crippen LogP contribution in [-0.2, 0) is 19.6 Å². The van der Waals surface area contributed by atoms with Gasteiger partial charge in [0.2, 0.25) is 0 Å². The molecule has 0 aliphatic carbocycles. The number of ether oxygens (including phenoxy) is 1. The summed E-state index contributed by atoms with van der Waals surface area (Å²) in [5.41, 5.74) is 2.95. The molecule has 0 fully saturated rings. The second-order valence-electron chi connectivity index (χ2n) is 6.49. The van der Waals surface area contributed by atoms with Gasteiger partial charge in [0.25, 0.3) is 0 Å². The van der Waals surface area contributed by atoms with Crippen LogP contribution in [0.25, 0.3) is 0 Å². The van der Waals surface area contributed by atoms with Crippen LogP contribution >= 0.6 is 0 Å². The van der Waals surface area contributed by atoms with E-state index in [0.717, 1.165) is 41.5 Å². The van der Waals surface area contributed by atoms with Gasteiger partial charge in [0.05, 0.1) is 0 Å². The number of aromatic nitrogens is 1. The van der Waals surface area contributed by atoms with E-state index in [2.05, 4.69) is 20.6 Å². The molecular weight excluding hydrogens is 367 g/mol. The van der Waals surface area contributed by atoms with Crippen LogP contribution in [0.2, 0.25) is 0 Å². The number of hydrogen-bond acceptors (Lipinski definition) is 3. The van der Waals surface area contributed by atoms with E-state index in [1.54, 1.807) is 19.3 Å². The molecule has 0 unspecified atom stereocenters. The van der Waals surface area contributed by atoms with Gasteiger partial charge in [0, 0.05) is 38.4 Å². The van der Waals surface area contributed by atoms with E-state index in [1.807, 2.05) is 48.5 Å². The number of nitrogens with one attached hydrogen (secondary N) is 2. The molecule has 0 aliphatic rings. The summed E-state index contributed by atoms with van der Waals surface area (Å²) in [6.07, 6.45) is 2.63. The van der Waals surface area contributed by atoms with Crippen molar-refractivity contribution in [2.24, 2.45) is 4.99 Å². The van der Waals surface area contributed by atoms with Gasteiger partial charge in [-0.25, -0.2) is 4.39 Å². The van der Waals surface area contributed by atoms with Crippen molar-refractivity contribution >= 4 is 5.96 Å². The second kappa shape index (κ2) is 10.8. The first-order valence-corrected chi connectivity index (χ1v) is 9.53. The molecule has 2 aromatic carbocycles. The Hall–Kier alpha value is -3.41. The highest BCUT2D eigenvalue weighted by Crippen LogP contribution is 2.14. The first-order chi connectivity index (χ1) is 14.2. The number of hydrogen-bond donors (Lipinski definition) is 2. The van der Waals surface area contributed by atoms with Crippen LogP contribution in [0.4, 0.5) is 4.39 Å². The van der Waals surface area contributed by atoms with E-state index >= 15 is 0 Å². The molecule has 0 atom stereocenters. The molecule has 3 rings (SSSR count). The number of rotatable bonds is 8. The zero-order valence-corrected chi connectivity index (χ0v) is 16.4. The lowest BCUT2D eigenvalue weighted by Crippen LogP contribution is -2.37. The number of pyridine rings is 1. The molecule has 1 aromatic heterocycles. The van der Waals surface area contributed by atoms with Gasteiger partial charge in [-0.05, 0) is 47.5 Å². The third-order valence-corrected chi connectivity index (χ3v) is 4.30. The minimum Gasteiger partial charge on any atom is -0.489 e. The van der Waals surface area contributed by atoms with Gasteiger partial charge >= 0.3 is 0 Å². The Morgan fingerprint density at radius 3 is 2.59 bits per heavy atom. The van der Waals surface area contributed by atoms with Crippen molar-refractivity contribution < 1.29 is 9.13 Å². The van der Waals surface area contributed by atoms with E-state index in [-0.39, 0.29) is 5.82 Å². The standard InChI is InChI=1S/C23H25FN4O/c1-25-23(27-14-12-21-7-2-3-13-26-21)28-16-18-8-10-22(11-9-18)29-17-19-5-4-6-20(24)15-19/h2-11,13,15H,12,14,16-17H2,1H3,(H2,25,27,28). The molecule has 3 aromatic rings. The fraction of sp³-hybridized carbons (Fsp3) is 0.217. The maximum atomic E-state index is 13.2. The summed E-state index contributed by atoms with van der Waals surface area (Å²) >= 11 is 0. The summed E-state index contributed by atoms with van der Waals surface area (Å²) in [5, 5.41) is 6.58. The Morgan fingerprint density at radius 2 is 1.86 bits per heavy atom. The van der Waals surface area contributed by atoms with Gasteiger partial charge in [0.1, 0.15) is 18.2 Å². The molecule has 0 radical (unpaired) electrons. The molecular formula is C23H25FN4O. The topological polar surface area (TPSA) is 58.5 Å². The highest BCUT2D eigenvalue weighted by atomic mass is 19.1. The molecule has 0 saturated heterocycles. The highest BCUT2D eigenvalue weighted by molar-refractivity contribution is 5.79. The quantitative estimate of drug-likeness (QED) is 0.453. The Morgan fingerprint density at radius 1 is 1.00 bits per heavy atom. The number of benzene rings is 2. The maximum absolute atomic E-state index is 13.2. The molecule has 6 heteroatoms. The van der Waals surface area contributed by atoms with E-state index in [0.29, 0.717) is 13.2 Å². The average molecular weight is 392 g/mol. The van der Waals surface area contributed by atoms with E-state index < -0.39 is 0 Å². The van der Waals surface area contributed by atoms with E-state index in [4.69, 9.17) is 4.74 Å². The predicted molar refractivity (Wildman–Crippen MR) is 113 cm³/mol. The average Bonchev–Trinajstić information content (AvgIpc) is 2.76. The molecule has 0 amide bonds. The van der Waals surface area contributed by atoms with Crippen LogP contribution in [0.5, 0.6) is 5.75 Å². The Bertz CT molecular complexity index is 914. The minimum atomic E-state index is -0.255. The number of halogens is 1. The molecule has 150 valence electrons. The van der Waals surface area contributed by atoms with Crippen LogP contribution in [-0.4, -0.2) is 24.5 Å². The lowest BCUT2D eigenvalue weighted by Gasteiger charge is -2.12. The molecule has 29 heavy (non-hydrogen) atoms. The lowest BCUT2D eigenvalue weighted by atomic mass is 10.2. The van der Waals surface area contributed by atoms with Gasteiger partial charge in [-0.2, -0.15) is 0 Å². The third-order valence-electron chi connectivity index (χ3n) is 4.30. The molecule has 0 saturated carbocycles. The molecule has 0 bridgehead atoms.